The van der Waals surface area contributed by atoms with Crippen molar-refractivity contribution in [3.05, 3.63) is 0 Å². The average Bonchev–Trinajstić information content (AvgIpc) is 2.42. The van der Waals surface area contributed by atoms with Gasteiger partial charge in [0.15, 0.2) is 0 Å². The van der Waals surface area contributed by atoms with Crippen molar-refractivity contribution < 1.29 is 29.3 Å². The molecule has 0 aromatic heterocycles. The minimum absolute atomic E-state index is 0.0481. The number of nitrogens with zero attached hydrogens (tertiary/aromatic N) is 3. The first-order chi connectivity index (χ1) is 9.86. The van der Waals surface area contributed by atoms with Gasteiger partial charge in [0.2, 0.25) is 8.03 Å². The van der Waals surface area contributed by atoms with Gasteiger partial charge in [-0.15, -0.1) is 0 Å². The minimum Gasteiger partial charge on any atom is -0.480 e. The third-order valence-corrected chi connectivity index (χ3v) is 3.99. The van der Waals surface area contributed by atoms with E-state index in [1.165, 1.54) is 0 Å². The first-order valence-electron chi connectivity index (χ1n) is 6.69. The molecule has 1 unspecified atom stereocenters. The molecule has 1 fully saturated rings. The Kier molecular flexibility index (Phi) is 7.84. The molecule has 1 aliphatic rings. The lowest BCUT2D eigenvalue weighted by atomic mass is 10.4. The van der Waals surface area contributed by atoms with Gasteiger partial charge in [0.25, 0.3) is 0 Å². The molecule has 0 radical (unpaired) electrons. The summed E-state index contributed by atoms with van der Waals surface area (Å²) in [5, 5.41) is 17.7. The van der Waals surface area contributed by atoms with Crippen LogP contribution in [0.4, 0.5) is 0 Å². The van der Waals surface area contributed by atoms with E-state index in [0.717, 1.165) is 0 Å². The van der Waals surface area contributed by atoms with E-state index in [9.17, 15) is 14.2 Å². The van der Waals surface area contributed by atoms with Gasteiger partial charge in [-0.3, -0.25) is 28.9 Å². The maximum absolute atomic E-state index is 11.0. The van der Waals surface area contributed by atoms with E-state index in [2.05, 4.69) is 0 Å². The van der Waals surface area contributed by atoms with Crippen LogP contribution in [0.3, 0.4) is 0 Å². The van der Waals surface area contributed by atoms with E-state index in [1.54, 1.807) is 14.7 Å². The Balaban J connectivity index is 2.68. The number of carboxylic acids is 2. The molecule has 1 heterocycles. The van der Waals surface area contributed by atoms with Crippen LogP contribution in [0.2, 0.25) is 0 Å². The Labute approximate surface area is 123 Å². The molecule has 0 aliphatic carbocycles. The van der Waals surface area contributed by atoms with E-state index < -0.39 is 20.0 Å². The zero-order valence-electron chi connectivity index (χ0n) is 11.8. The predicted molar refractivity (Wildman–Crippen MR) is 75.8 cm³/mol. The van der Waals surface area contributed by atoms with Crippen molar-refractivity contribution in [3.8, 4) is 0 Å². The molecular formula is C11H22N3O6P. The Morgan fingerprint density at radius 1 is 0.810 bits per heavy atom. The predicted octanol–water partition coefficient (Wildman–Crippen LogP) is -1.50. The van der Waals surface area contributed by atoms with E-state index in [0.29, 0.717) is 39.3 Å². The normalized spacial score (nSPS) is 21.2. The van der Waals surface area contributed by atoms with Gasteiger partial charge in [-0.1, -0.05) is 0 Å². The third kappa shape index (κ3) is 8.13. The van der Waals surface area contributed by atoms with Gasteiger partial charge >= 0.3 is 11.9 Å². The van der Waals surface area contributed by atoms with E-state index in [4.69, 9.17) is 15.1 Å². The zero-order valence-corrected chi connectivity index (χ0v) is 12.8. The van der Waals surface area contributed by atoms with Crippen molar-refractivity contribution in [2.75, 3.05) is 58.6 Å². The molecule has 0 aromatic carbocycles. The summed E-state index contributed by atoms with van der Waals surface area (Å²) in [4.78, 5) is 35.9. The number of hydrogen-bond donors (Lipinski definition) is 3. The average molecular weight is 323 g/mol. The van der Waals surface area contributed by atoms with Gasteiger partial charge in [-0.25, -0.2) is 0 Å². The molecule has 0 saturated carbocycles. The lowest BCUT2D eigenvalue weighted by Crippen LogP contribution is -2.40. The van der Waals surface area contributed by atoms with E-state index >= 15 is 0 Å². The quantitative estimate of drug-likeness (QED) is 0.501. The highest BCUT2D eigenvalue weighted by molar-refractivity contribution is 7.37. The van der Waals surface area contributed by atoms with Gasteiger partial charge in [-0.05, 0) is 0 Å². The van der Waals surface area contributed by atoms with Gasteiger partial charge in [-0.2, -0.15) is 0 Å². The first kappa shape index (κ1) is 18.1. The highest BCUT2D eigenvalue weighted by atomic mass is 31.1. The fourth-order valence-corrected chi connectivity index (χ4v) is 2.93. The zero-order chi connectivity index (χ0) is 15.8. The number of carboxylic acid groups (broad SMARTS) is 2. The van der Waals surface area contributed by atoms with Crippen LogP contribution in [0.25, 0.3) is 0 Å². The molecule has 1 rings (SSSR count). The smallest absolute Gasteiger partial charge is 0.317 e. The highest BCUT2D eigenvalue weighted by Gasteiger charge is 2.19. The summed E-state index contributed by atoms with van der Waals surface area (Å²) in [7, 11) is -2.65. The summed E-state index contributed by atoms with van der Waals surface area (Å²) in [6.07, 6.45) is 0.0481. The van der Waals surface area contributed by atoms with Crippen LogP contribution in [0.5, 0.6) is 0 Å². The summed E-state index contributed by atoms with van der Waals surface area (Å²) in [5.74, 6) is -1.89. The monoisotopic (exact) mass is 323 g/mol. The fourth-order valence-electron chi connectivity index (χ4n) is 2.23. The maximum atomic E-state index is 11.0. The van der Waals surface area contributed by atoms with Crippen molar-refractivity contribution in [3.63, 3.8) is 0 Å². The fraction of sp³-hybridized carbons (Fsp3) is 0.818. The molecule has 1 saturated heterocycles. The van der Waals surface area contributed by atoms with Crippen molar-refractivity contribution in [2.24, 2.45) is 0 Å². The summed E-state index contributed by atoms with van der Waals surface area (Å²) >= 11 is 0. The summed E-state index contributed by atoms with van der Waals surface area (Å²) < 4.78 is 11.0. The van der Waals surface area contributed by atoms with Crippen molar-refractivity contribution in [1.82, 2.24) is 14.7 Å². The maximum Gasteiger partial charge on any atom is 0.317 e. The minimum atomic E-state index is -2.65. The summed E-state index contributed by atoms with van der Waals surface area (Å²) in [5.41, 5.74) is 0. The number of aliphatic carboxylic acids is 2. The van der Waals surface area contributed by atoms with Crippen molar-refractivity contribution in [1.29, 1.82) is 0 Å². The van der Waals surface area contributed by atoms with E-state index in [1.807, 2.05) is 0 Å². The van der Waals surface area contributed by atoms with Gasteiger partial charge in [0.1, 0.15) is 0 Å². The van der Waals surface area contributed by atoms with Gasteiger partial charge in [0, 0.05) is 39.3 Å². The molecule has 9 nitrogen and oxygen atoms in total. The lowest BCUT2D eigenvalue weighted by Gasteiger charge is -2.23. The molecular weight excluding hydrogens is 301 g/mol. The van der Waals surface area contributed by atoms with Crippen LogP contribution in [0, 0.1) is 0 Å². The second kappa shape index (κ2) is 9.11. The number of carbonyl (C=O) groups is 2. The molecule has 21 heavy (non-hydrogen) atoms. The van der Waals surface area contributed by atoms with Crippen LogP contribution < -0.4 is 0 Å². The first-order valence-corrected chi connectivity index (χ1v) is 8.25. The molecule has 1 aliphatic heterocycles. The topological polar surface area (TPSA) is 122 Å². The second-order valence-corrected chi connectivity index (χ2v) is 6.11. The number of hydrogen-bond acceptors (Lipinski definition) is 6. The molecule has 0 aromatic rings. The number of rotatable bonds is 6. The largest absolute Gasteiger partial charge is 0.480 e. The molecule has 1 atom stereocenters. The van der Waals surface area contributed by atoms with Crippen LogP contribution in [0.1, 0.15) is 0 Å². The molecule has 0 amide bonds. The van der Waals surface area contributed by atoms with Crippen LogP contribution >= 0.6 is 8.03 Å². The third-order valence-electron chi connectivity index (χ3n) is 3.27. The Hall–Kier alpha value is -0.990. The lowest BCUT2D eigenvalue weighted by molar-refractivity contribution is -0.140. The van der Waals surface area contributed by atoms with E-state index in [-0.39, 0.29) is 19.4 Å². The van der Waals surface area contributed by atoms with Crippen LogP contribution in [-0.2, 0) is 14.2 Å². The van der Waals surface area contributed by atoms with Gasteiger partial charge < -0.3 is 15.1 Å². The Morgan fingerprint density at radius 2 is 1.14 bits per heavy atom. The van der Waals surface area contributed by atoms with Crippen LogP contribution in [-0.4, -0.2) is 100 Å². The van der Waals surface area contributed by atoms with Crippen LogP contribution in [0.15, 0.2) is 0 Å². The second-order valence-electron chi connectivity index (χ2n) is 5.01. The summed E-state index contributed by atoms with van der Waals surface area (Å²) in [6, 6.07) is 0. The highest BCUT2D eigenvalue weighted by Crippen LogP contribution is 2.15. The standard InChI is InChI=1S/C11H22N3O6P/c15-10(16)7-12-1-2-13(8-11(17)18)4-6-14(5-3-12)9-21(19)20/h21H,1-9H2,(H,15,16)(H,17,18)(H,19,20). The molecule has 3 N–H and O–H groups in total. The molecule has 0 spiro atoms. The SMILES string of the molecule is O=C(O)CN1CCN(CC(=O)O)CCN(C[PH](=O)O)CC1. The summed E-state index contributed by atoms with van der Waals surface area (Å²) in [6.45, 7) is 2.61. The Bertz CT molecular complexity index is 325. The molecule has 122 valence electrons. The molecule has 0 bridgehead atoms. The molecule has 10 heteroatoms. The van der Waals surface area contributed by atoms with Crippen molar-refractivity contribution >= 4 is 20.0 Å². The van der Waals surface area contributed by atoms with Crippen molar-refractivity contribution in [2.45, 2.75) is 0 Å². The van der Waals surface area contributed by atoms with Gasteiger partial charge in [0.05, 0.1) is 19.4 Å². The Morgan fingerprint density at radius 3 is 1.43 bits per heavy atom.